The summed E-state index contributed by atoms with van der Waals surface area (Å²) in [7, 11) is -3.49. The molecule has 0 atom stereocenters. The monoisotopic (exact) mass is 342 g/mol. The van der Waals surface area contributed by atoms with Crippen LogP contribution in [0.1, 0.15) is 37.6 Å². The Kier molecular flexibility index (Phi) is 8.22. The van der Waals surface area contributed by atoms with Crippen LogP contribution in [-0.4, -0.2) is 40.6 Å². The molecule has 23 heavy (non-hydrogen) atoms. The summed E-state index contributed by atoms with van der Waals surface area (Å²) in [5.74, 6) is 0.280. The first kappa shape index (κ1) is 19.6. The fourth-order valence-corrected chi connectivity index (χ4v) is 2.90. The second kappa shape index (κ2) is 9.64. The predicted molar refractivity (Wildman–Crippen MR) is 89.9 cm³/mol. The van der Waals surface area contributed by atoms with Crippen LogP contribution >= 0.6 is 0 Å². The van der Waals surface area contributed by atoms with Gasteiger partial charge in [-0.1, -0.05) is 20.8 Å². The minimum atomic E-state index is -3.49. The molecule has 6 nitrogen and oxygen atoms in total. The molecular formula is C16H26N2O4S. The average molecular weight is 342 g/mol. The molecule has 1 amide bonds. The summed E-state index contributed by atoms with van der Waals surface area (Å²) >= 11 is 0. The molecule has 0 spiro atoms. The van der Waals surface area contributed by atoms with Crippen LogP contribution in [0.25, 0.3) is 0 Å². The molecule has 130 valence electrons. The molecule has 0 bridgehead atoms. The van der Waals surface area contributed by atoms with Crippen molar-refractivity contribution in [2.24, 2.45) is 5.92 Å². The quantitative estimate of drug-likeness (QED) is 0.635. The van der Waals surface area contributed by atoms with Gasteiger partial charge in [0.05, 0.1) is 4.90 Å². The van der Waals surface area contributed by atoms with Gasteiger partial charge in [-0.3, -0.25) is 4.79 Å². The van der Waals surface area contributed by atoms with Crippen LogP contribution in [0.2, 0.25) is 0 Å². The molecule has 1 aromatic rings. The van der Waals surface area contributed by atoms with Gasteiger partial charge in [0, 0.05) is 31.9 Å². The predicted octanol–water partition coefficient (Wildman–Crippen LogP) is 1.78. The van der Waals surface area contributed by atoms with Crippen LogP contribution in [-0.2, 0) is 14.8 Å². The maximum absolute atomic E-state index is 12.0. The molecule has 0 aliphatic rings. The summed E-state index contributed by atoms with van der Waals surface area (Å²) in [6.07, 6.45) is 0.741. The van der Waals surface area contributed by atoms with E-state index in [2.05, 4.69) is 23.9 Å². The normalized spacial score (nSPS) is 11.7. The summed E-state index contributed by atoms with van der Waals surface area (Å²) in [5.41, 5.74) is 0.434. The second-order valence-electron chi connectivity index (χ2n) is 5.60. The summed E-state index contributed by atoms with van der Waals surface area (Å²) in [4.78, 5) is 12.1. The maximum Gasteiger partial charge on any atom is 0.251 e. The van der Waals surface area contributed by atoms with E-state index < -0.39 is 10.0 Å². The molecule has 0 saturated heterocycles. The number of carbonyl (C=O) groups excluding carboxylic acids is 1. The lowest BCUT2D eigenvalue weighted by molar-refractivity contribution is 0.0925. The van der Waals surface area contributed by atoms with Gasteiger partial charge < -0.3 is 10.1 Å². The molecule has 0 aliphatic carbocycles. The summed E-state index contributed by atoms with van der Waals surface area (Å²) < 4.78 is 31.5. The lowest BCUT2D eigenvalue weighted by atomic mass is 10.2. The van der Waals surface area contributed by atoms with Crippen molar-refractivity contribution in [1.29, 1.82) is 0 Å². The Labute approximate surface area is 138 Å². The van der Waals surface area contributed by atoms with Gasteiger partial charge in [0.2, 0.25) is 10.0 Å². The van der Waals surface area contributed by atoms with E-state index in [9.17, 15) is 13.2 Å². The number of hydrogen-bond donors (Lipinski definition) is 2. The smallest absolute Gasteiger partial charge is 0.251 e. The zero-order valence-electron chi connectivity index (χ0n) is 14.0. The number of benzene rings is 1. The van der Waals surface area contributed by atoms with Crippen LogP contribution < -0.4 is 10.0 Å². The summed E-state index contributed by atoms with van der Waals surface area (Å²) in [6.45, 7) is 8.05. The Morgan fingerprint density at radius 1 is 1.22 bits per heavy atom. The number of carbonyl (C=O) groups is 1. The Morgan fingerprint density at radius 3 is 2.43 bits per heavy atom. The molecule has 7 heteroatoms. The number of ether oxygens (including phenoxy) is 1. The molecular weight excluding hydrogens is 316 g/mol. The zero-order chi connectivity index (χ0) is 17.3. The fourth-order valence-electron chi connectivity index (χ4n) is 1.86. The molecule has 2 N–H and O–H groups in total. The van der Waals surface area contributed by atoms with E-state index in [0.717, 1.165) is 13.0 Å². The number of hydrogen-bond acceptors (Lipinski definition) is 4. The van der Waals surface area contributed by atoms with Gasteiger partial charge in [-0.15, -0.1) is 0 Å². The van der Waals surface area contributed by atoms with Crippen molar-refractivity contribution in [3.05, 3.63) is 29.8 Å². The Hall–Kier alpha value is -1.44. The van der Waals surface area contributed by atoms with E-state index in [4.69, 9.17) is 4.74 Å². The van der Waals surface area contributed by atoms with Crippen LogP contribution in [0.4, 0.5) is 0 Å². The van der Waals surface area contributed by atoms with Gasteiger partial charge >= 0.3 is 0 Å². The van der Waals surface area contributed by atoms with Crippen LogP contribution in [0, 0.1) is 5.92 Å². The van der Waals surface area contributed by atoms with Crippen molar-refractivity contribution in [3.8, 4) is 0 Å². The van der Waals surface area contributed by atoms with Crippen LogP contribution in [0.5, 0.6) is 0 Å². The zero-order valence-corrected chi connectivity index (χ0v) is 14.8. The van der Waals surface area contributed by atoms with Gasteiger partial charge in [0.25, 0.3) is 5.91 Å². The molecule has 0 aliphatic heterocycles. The van der Waals surface area contributed by atoms with Crippen molar-refractivity contribution >= 4 is 15.9 Å². The SMILES string of the molecule is CCNS(=O)(=O)c1ccc(C(=O)NCCCOCC(C)C)cc1. The molecule has 0 aromatic heterocycles. The third kappa shape index (κ3) is 7.11. The van der Waals surface area contributed by atoms with Gasteiger partial charge in [-0.2, -0.15) is 0 Å². The molecule has 1 rings (SSSR count). The number of rotatable bonds is 10. The lowest BCUT2D eigenvalue weighted by Gasteiger charge is -2.08. The largest absolute Gasteiger partial charge is 0.381 e. The number of amides is 1. The van der Waals surface area contributed by atoms with Gasteiger partial charge in [0.1, 0.15) is 0 Å². The van der Waals surface area contributed by atoms with Crippen molar-refractivity contribution < 1.29 is 17.9 Å². The fraction of sp³-hybridized carbons (Fsp3) is 0.562. The van der Waals surface area contributed by atoms with E-state index in [0.29, 0.717) is 31.2 Å². The molecule has 0 saturated carbocycles. The average Bonchev–Trinajstić information content (AvgIpc) is 2.50. The minimum absolute atomic E-state index is 0.151. The van der Waals surface area contributed by atoms with E-state index in [-0.39, 0.29) is 10.8 Å². The Bertz CT molecular complexity index is 583. The van der Waals surface area contributed by atoms with Gasteiger partial charge in [-0.25, -0.2) is 13.1 Å². The van der Waals surface area contributed by atoms with Gasteiger partial charge in [0.15, 0.2) is 0 Å². The number of nitrogens with one attached hydrogen (secondary N) is 2. The minimum Gasteiger partial charge on any atom is -0.381 e. The summed E-state index contributed by atoms with van der Waals surface area (Å²) in [5, 5.41) is 2.79. The Morgan fingerprint density at radius 2 is 1.87 bits per heavy atom. The third-order valence-corrected chi connectivity index (χ3v) is 4.52. The van der Waals surface area contributed by atoms with E-state index in [1.807, 2.05) is 0 Å². The highest BCUT2D eigenvalue weighted by atomic mass is 32.2. The van der Waals surface area contributed by atoms with E-state index in [1.165, 1.54) is 24.3 Å². The molecule has 0 fully saturated rings. The van der Waals surface area contributed by atoms with Gasteiger partial charge in [-0.05, 0) is 36.6 Å². The molecule has 0 unspecified atom stereocenters. The summed E-state index contributed by atoms with van der Waals surface area (Å²) in [6, 6.07) is 5.88. The lowest BCUT2D eigenvalue weighted by Crippen LogP contribution is -2.26. The van der Waals surface area contributed by atoms with Crippen molar-refractivity contribution in [2.75, 3.05) is 26.3 Å². The van der Waals surface area contributed by atoms with Crippen molar-refractivity contribution in [2.45, 2.75) is 32.1 Å². The first-order valence-corrected chi connectivity index (χ1v) is 9.30. The molecule has 0 radical (unpaired) electrons. The third-order valence-electron chi connectivity index (χ3n) is 2.96. The first-order valence-electron chi connectivity index (χ1n) is 7.82. The van der Waals surface area contributed by atoms with Crippen molar-refractivity contribution in [1.82, 2.24) is 10.0 Å². The van der Waals surface area contributed by atoms with E-state index in [1.54, 1.807) is 6.92 Å². The van der Waals surface area contributed by atoms with Crippen LogP contribution in [0.3, 0.4) is 0 Å². The standard InChI is InChI=1S/C16H26N2O4S/c1-4-18-23(20,21)15-8-6-14(7-9-15)16(19)17-10-5-11-22-12-13(2)3/h6-9,13,18H,4-5,10-12H2,1-3H3,(H,17,19). The Balaban J connectivity index is 2.43. The number of sulfonamides is 1. The van der Waals surface area contributed by atoms with Crippen molar-refractivity contribution in [3.63, 3.8) is 0 Å². The second-order valence-corrected chi connectivity index (χ2v) is 7.37. The maximum atomic E-state index is 12.0. The highest BCUT2D eigenvalue weighted by Crippen LogP contribution is 2.10. The molecule has 1 aromatic carbocycles. The highest BCUT2D eigenvalue weighted by molar-refractivity contribution is 7.89. The highest BCUT2D eigenvalue weighted by Gasteiger charge is 2.13. The van der Waals surface area contributed by atoms with E-state index >= 15 is 0 Å². The topological polar surface area (TPSA) is 84.5 Å². The first-order chi connectivity index (χ1) is 10.9. The van der Waals surface area contributed by atoms with Crippen LogP contribution in [0.15, 0.2) is 29.2 Å². The molecule has 0 heterocycles.